The molecule has 0 aliphatic carbocycles. The lowest BCUT2D eigenvalue weighted by Crippen LogP contribution is -2.38. The fourth-order valence-corrected chi connectivity index (χ4v) is 5.12. The summed E-state index contributed by atoms with van der Waals surface area (Å²) in [5.74, 6) is 0.544. The first-order valence-electron chi connectivity index (χ1n) is 11.4. The summed E-state index contributed by atoms with van der Waals surface area (Å²) in [6, 6.07) is 8.59. The molecule has 0 bridgehead atoms. The number of nitrogens with one attached hydrogen (secondary N) is 1. The molecule has 1 atom stereocenters. The molecule has 2 aliphatic rings. The Labute approximate surface area is 214 Å². The zero-order valence-corrected chi connectivity index (χ0v) is 21.4. The summed E-state index contributed by atoms with van der Waals surface area (Å²) in [5.41, 5.74) is 3.42. The minimum absolute atomic E-state index is 0.108. The summed E-state index contributed by atoms with van der Waals surface area (Å²) in [7, 11) is 4.50. The molecule has 0 radical (unpaired) electrons. The number of thioether (sulfide) groups is 1. The van der Waals surface area contributed by atoms with E-state index in [-0.39, 0.29) is 12.3 Å². The van der Waals surface area contributed by atoms with Crippen LogP contribution in [0.4, 0.5) is 0 Å². The molecule has 36 heavy (non-hydrogen) atoms. The first-order valence-corrected chi connectivity index (χ1v) is 12.3. The normalized spacial score (nSPS) is 16.7. The van der Waals surface area contributed by atoms with Crippen molar-refractivity contribution in [3.8, 4) is 11.5 Å². The minimum atomic E-state index is -0.590. The van der Waals surface area contributed by atoms with E-state index in [4.69, 9.17) is 19.2 Å². The third-order valence-corrected chi connectivity index (χ3v) is 6.81. The fraction of sp³-hybridized carbons (Fsp3) is 0.308. The lowest BCUT2D eigenvalue weighted by atomic mass is 9.92. The highest BCUT2D eigenvalue weighted by Crippen LogP contribution is 2.48. The number of nitrogens with zero attached hydrogens (tertiary/aromatic N) is 3. The summed E-state index contributed by atoms with van der Waals surface area (Å²) in [6.07, 6.45) is 4.05. The fourth-order valence-electron chi connectivity index (χ4n) is 4.18. The number of carbonyl (C=O) groups excluding carboxylic acids is 2. The maximum absolute atomic E-state index is 13.1. The van der Waals surface area contributed by atoms with E-state index in [1.807, 2.05) is 41.5 Å². The van der Waals surface area contributed by atoms with Gasteiger partial charge in [0, 0.05) is 36.3 Å². The number of hydrogen-bond donors (Lipinski definition) is 1. The van der Waals surface area contributed by atoms with Crippen LogP contribution in [0.1, 0.15) is 36.9 Å². The predicted octanol–water partition coefficient (Wildman–Crippen LogP) is 3.94. The molecule has 10 heteroatoms. The number of amides is 1. The molecular weight excluding hydrogens is 480 g/mol. The van der Waals surface area contributed by atoms with Crippen molar-refractivity contribution >= 4 is 28.8 Å². The monoisotopic (exact) mass is 508 g/mol. The number of amidine groups is 1. The Hall–Kier alpha value is -3.79. The highest BCUT2D eigenvalue weighted by Gasteiger charge is 2.42. The number of fused-ring (bicyclic) bond motifs is 1. The van der Waals surface area contributed by atoms with Gasteiger partial charge in [0.15, 0.2) is 5.17 Å². The molecule has 1 aromatic heterocycles. The number of rotatable bonds is 9. The SMILES string of the molecule is CCC1=C(C(=O)OC)[C@H](c2ccc(OC)cc2OC)N2C(CC(=O)NCc3cccnc3)=CSC2=N1. The molecular formula is C26H28N4O5S. The average molecular weight is 509 g/mol. The van der Waals surface area contributed by atoms with Gasteiger partial charge in [0.25, 0.3) is 0 Å². The highest BCUT2D eigenvalue weighted by atomic mass is 32.2. The second kappa shape index (κ2) is 11.3. The highest BCUT2D eigenvalue weighted by molar-refractivity contribution is 8.16. The first-order chi connectivity index (χ1) is 17.5. The van der Waals surface area contributed by atoms with E-state index in [0.717, 1.165) is 16.8 Å². The second-order valence-electron chi connectivity index (χ2n) is 8.02. The van der Waals surface area contributed by atoms with Crippen molar-refractivity contribution in [2.75, 3.05) is 21.3 Å². The summed E-state index contributed by atoms with van der Waals surface area (Å²) in [5, 5.41) is 5.53. The molecule has 1 N–H and O–H groups in total. The summed E-state index contributed by atoms with van der Waals surface area (Å²) < 4.78 is 16.2. The molecule has 0 fully saturated rings. The number of aromatic nitrogens is 1. The van der Waals surface area contributed by atoms with Gasteiger partial charge in [-0.25, -0.2) is 9.79 Å². The number of aliphatic imine (C=N–C) groups is 1. The van der Waals surface area contributed by atoms with Crippen molar-refractivity contribution in [3.05, 3.63) is 76.2 Å². The standard InChI is InChI=1S/C26H28N4O5S/c1-5-20-23(25(32)35-4)24(19-9-8-18(33-2)12-21(19)34-3)30-17(15-36-26(30)29-20)11-22(31)28-14-16-7-6-10-27-13-16/h6-10,12-13,15,24H,5,11,14H2,1-4H3,(H,28,31)/t24-/m0/s1. The van der Waals surface area contributed by atoms with Crippen molar-refractivity contribution in [2.24, 2.45) is 4.99 Å². The van der Waals surface area contributed by atoms with Crippen molar-refractivity contribution in [1.82, 2.24) is 15.2 Å². The van der Waals surface area contributed by atoms with Crippen LogP contribution in [0.3, 0.4) is 0 Å². The van der Waals surface area contributed by atoms with Crippen molar-refractivity contribution in [2.45, 2.75) is 32.4 Å². The van der Waals surface area contributed by atoms with E-state index in [1.54, 1.807) is 32.7 Å². The Morgan fingerprint density at radius 3 is 2.67 bits per heavy atom. The zero-order valence-electron chi connectivity index (χ0n) is 20.6. The zero-order chi connectivity index (χ0) is 25.7. The Bertz CT molecular complexity index is 1240. The van der Waals surface area contributed by atoms with Crippen molar-refractivity contribution in [1.29, 1.82) is 0 Å². The van der Waals surface area contributed by atoms with Crippen LogP contribution in [0.5, 0.6) is 11.5 Å². The maximum atomic E-state index is 13.1. The number of allylic oxidation sites excluding steroid dienone is 1. The van der Waals surface area contributed by atoms with Crippen LogP contribution in [0.2, 0.25) is 0 Å². The van der Waals surface area contributed by atoms with Crippen LogP contribution in [0, 0.1) is 0 Å². The third-order valence-electron chi connectivity index (χ3n) is 5.92. The molecule has 9 nitrogen and oxygen atoms in total. The number of pyridine rings is 1. The molecule has 0 saturated heterocycles. The second-order valence-corrected chi connectivity index (χ2v) is 8.86. The molecule has 4 rings (SSSR count). The Morgan fingerprint density at radius 2 is 2.00 bits per heavy atom. The van der Waals surface area contributed by atoms with Crippen LogP contribution in [0.25, 0.3) is 0 Å². The van der Waals surface area contributed by atoms with Crippen molar-refractivity contribution in [3.63, 3.8) is 0 Å². The van der Waals surface area contributed by atoms with Crippen LogP contribution in [0.15, 0.2) is 70.1 Å². The largest absolute Gasteiger partial charge is 0.497 e. The van der Waals surface area contributed by atoms with E-state index in [2.05, 4.69) is 10.3 Å². The average Bonchev–Trinajstić information content (AvgIpc) is 3.32. The Kier molecular flexibility index (Phi) is 7.94. The van der Waals surface area contributed by atoms with Crippen LogP contribution >= 0.6 is 11.8 Å². The number of methoxy groups -OCH3 is 3. The Morgan fingerprint density at radius 1 is 1.17 bits per heavy atom. The smallest absolute Gasteiger partial charge is 0.338 e. The number of ether oxygens (including phenoxy) is 3. The number of esters is 1. The summed E-state index contributed by atoms with van der Waals surface area (Å²) >= 11 is 1.42. The van der Waals surface area contributed by atoms with Gasteiger partial charge in [-0.2, -0.15) is 0 Å². The molecule has 0 unspecified atom stereocenters. The van der Waals surface area contributed by atoms with Gasteiger partial charge in [0.2, 0.25) is 5.91 Å². The third kappa shape index (κ3) is 5.08. The van der Waals surface area contributed by atoms with E-state index in [9.17, 15) is 9.59 Å². The van der Waals surface area contributed by atoms with Crippen LogP contribution < -0.4 is 14.8 Å². The van der Waals surface area contributed by atoms with E-state index >= 15 is 0 Å². The molecule has 0 saturated carbocycles. The molecule has 1 amide bonds. The molecule has 188 valence electrons. The molecule has 2 aromatic rings. The van der Waals surface area contributed by atoms with Gasteiger partial charge in [-0.15, -0.1) is 0 Å². The quantitative estimate of drug-likeness (QED) is 0.508. The number of hydrogen-bond acceptors (Lipinski definition) is 9. The number of carbonyl (C=O) groups is 2. The molecule has 2 aliphatic heterocycles. The van der Waals surface area contributed by atoms with Gasteiger partial charge in [-0.05, 0) is 35.6 Å². The minimum Gasteiger partial charge on any atom is -0.497 e. The van der Waals surface area contributed by atoms with Crippen LogP contribution in [-0.4, -0.2) is 48.3 Å². The molecule has 1 aromatic carbocycles. The van der Waals surface area contributed by atoms with E-state index < -0.39 is 12.0 Å². The van der Waals surface area contributed by atoms with Gasteiger partial charge >= 0.3 is 5.97 Å². The lowest BCUT2D eigenvalue weighted by molar-refractivity contribution is -0.136. The summed E-state index contributed by atoms with van der Waals surface area (Å²) in [4.78, 5) is 36.7. The first kappa shape index (κ1) is 25.3. The van der Waals surface area contributed by atoms with Crippen molar-refractivity contribution < 1.29 is 23.8 Å². The predicted molar refractivity (Wildman–Crippen MR) is 137 cm³/mol. The van der Waals surface area contributed by atoms with E-state index in [0.29, 0.717) is 40.9 Å². The Balaban J connectivity index is 1.70. The van der Waals surface area contributed by atoms with Gasteiger partial charge in [0.05, 0.1) is 45.1 Å². The lowest BCUT2D eigenvalue weighted by Gasteiger charge is -2.37. The topological polar surface area (TPSA) is 102 Å². The molecule has 0 spiro atoms. The van der Waals surface area contributed by atoms with E-state index in [1.165, 1.54) is 18.9 Å². The van der Waals surface area contributed by atoms with Gasteiger partial charge < -0.3 is 24.4 Å². The molecule has 3 heterocycles. The van der Waals surface area contributed by atoms with Gasteiger partial charge in [-0.1, -0.05) is 24.8 Å². The van der Waals surface area contributed by atoms with Crippen LogP contribution in [-0.2, 0) is 20.9 Å². The van der Waals surface area contributed by atoms with Gasteiger partial charge in [-0.3, -0.25) is 9.78 Å². The maximum Gasteiger partial charge on any atom is 0.338 e. The summed E-state index contributed by atoms with van der Waals surface area (Å²) in [6.45, 7) is 2.32. The number of benzene rings is 1. The van der Waals surface area contributed by atoms with Gasteiger partial charge in [0.1, 0.15) is 11.5 Å².